The van der Waals surface area contributed by atoms with Crippen molar-refractivity contribution < 1.29 is 14.0 Å². The molecule has 0 saturated heterocycles. The maximum atomic E-state index is 13.7. The van der Waals surface area contributed by atoms with Crippen LogP contribution in [0.25, 0.3) is 10.1 Å². The summed E-state index contributed by atoms with van der Waals surface area (Å²) in [6.07, 6.45) is 0. The van der Waals surface area contributed by atoms with Gasteiger partial charge in [-0.2, -0.15) is 0 Å². The minimum Gasteiger partial charge on any atom is -0.342 e. The number of rotatable bonds is 4. The maximum absolute atomic E-state index is 13.7. The molecule has 0 saturated carbocycles. The summed E-state index contributed by atoms with van der Waals surface area (Å²) in [4.78, 5) is 24.6. The highest BCUT2D eigenvalue weighted by atomic mass is 79.9. The molecule has 0 atom stereocenters. The second kappa shape index (κ2) is 7.33. The Labute approximate surface area is 156 Å². The third-order valence-electron chi connectivity index (χ3n) is 3.60. The van der Waals surface area contributed by atoms with Gasteiger partial charge in [-0.15, -0.1) is 11.3 Å². The summed E-state index contributed by atoms with van der Waals surface area (Å²) in [6.45, 7) is 1.72. The summed E-state index contributed by atoms with van der Waals surface area (Å²) >= 11 is 4.55. The van der Waals surface area contributed by atoms with E-state index in [2.05, 4.69) is 26.6 Å². The summed E-state index contributed by atoms with van der Waals surface area (Å²) in [5.41, 5.74) is 1.60. The van der Waals surface area contributed by atoms with E-state index in [4.69, 9.17) is 0 Å². The van der Waals surface area contributed by atoms with E-state index < -0.39 is 5.91 Å². The Morgan fingerprint density at radius 2 is 2.00 bits per heavy atom. The van der Waals surface area contributed by atoms with Crippen LogP contribution in [0.3, 0.4) is 0 Å². The quantitative estimate of drug-likeness (QED) is 0.653. The van der Waals surface area contributed by atoms with Crippen LogP contribution in [0.15, 0.2) is 46.9 Å². The number of hydrogen-bond acceptors (Lipinski definition) is 3. The minimum atomic E-state index is -0.400. The molecule has 2 N–H and O–H groups in total. The molecular formula is C18H14BrFN2O2S. The molecule has 0 aliphatic heterocycles. The molecule has 2 aromatic carbocycles. The van der Waals surface area contributed by atoms with Gasteiger partial charge in [0.05, 0.1) is 11.4 Å². The first-order valence-electron chi connectivity index (χ1n) is 7.46. The standard InChI is InChI=1S/C18H14BrFN2O2S/c1-10-7-11(19)5-6-14(10)22-17(23)9-21-18(24)16-8-12-13(20)3-2-4-15(12)25-16/h2-8H,9H2,1H3,(H,21,24)(H,22,23). The number of hydrogen-bond donors (Lipinski definition) is 2. The Kier molecular flexibility index (Phi) is 5.15. The summed E-state index contributed by atoms with van der Waals surface area (Å²) < 4.78 is 15.3. The van der Waals surface area contributed by atoms with Gasteiger partial charge >= 0.3 is 0 Å². The summed E-state index contributed by atoms with van der Waals surface area (Å²) in [6, 6.07) is 11.7. The Morgan fingerprint density at radius 1 is 1.20 bits per heavy atom. The van der Waals surface area contributed by atoms with Crippen LogP contribution in [0.1, 0.15) is 15.2 Å². The predicted molar refractivity (Wildman–Crippen MR) is 102 cm³/mol. The second-order valence-corrected chi connectivity index (χ2v) is 7.45. The molecule has 0 aliphatic rings. The lowest BCUT2D eigenvalue weighted by molar-refractivity contribution is -0.115. The molecule has 2 amide bonds. The first kappa shape index (κ1) is 17.6. The zero-order valence-electron chi connectivity index (χ0n) is 13.2. The van der Waals surface area contributed by atoms with Gasteiger partial charge in [0.25, 0.3) is 5.91 Å². The van der Waals surface area contributed by atoms with Crippen molar-refractivity contribution in [1.29, 1.82) is 0 Å². The smallest absolute Gasteiger partial charge is 0.261 e. The SMILES string of the molecule is Cc1cc(Br)ccc1NC(=O)CNC(=O)c1cc2c(F)cccc2s1. The van der Waals surface area contributed by atoms with Crippen LogP contribution in [0.4, 0.5) is 10.1 Å². The van der Waals surface area contributed by atoms with Crippen molar-refractivity contribution in [3.63, 3.8) is 0 Å². The van der Waals surface area contributed by atoms with Gasteiger partial charge in [0.15, 0.2) is 0 Å². The van der Waals surface area contributed by atoms with E-state index in [0.29, 0.717) is 20.7 Å². The van der Waals surface area contributed by atoms with E-state index in [-0.39, 0.29) is 18.3 Å². The Balaban J connectivity index is 1.63. The summed E-state index contributed by atoms with van der Waals surface area (Å²) in [5, 5.41) is 5.72. The Bertz CT molecular complexity index is 971. The van der Waals surface area contributed by atoms with E-state index in [0.717, 1.165) is 10.0 Å². The van der Waals surface area contributed by atoms with E-state index in [1.807, 2.05) is 19.1 Å². The van der Waals surface area contributed by atoms with Crippen LogP contribution >= 0.6 is 27.3 Å². The molecule has 3 aromatic rings. The fraction of sp³-hybridized carbons (Fsp3) is 0.111. The van der Waals surface area contributed by atoms with E-state index >= 15 is 0 Å². The zero-order valence-corrected chi connectivity index (χ0v) is 15.6. The number of halogens is 2. The van der Waals surface area contributed by atoms with Gasteiger partial charge in [-0.1, -0.05) is 22.0 Å². The molecular weight excluding hydrogens is 407 g/mol. The number of aryl methyl sites for hydroxylation is 1. The minimum absolute atomic E-state index is 0.162. The Hall–Kier alpha value is -2.25. The summed E-state index contributed by atoms with van der Waals surface area (Å²) in [7, 11) is 0. The normalized spacial score (nSPS) is 10.7. The molecule has 0 fully saturated rings. The maximum Gasteiger partial charge on any atom is 0.261 e. The summed E-state index contributed by atoms with van der Waals surface area (Å²) in [5.74, 6) is -1.09. The third-order valence-corrected chi connectivity index (χ3v) is 5.20. The molecule has 0 aliphatic carbocycles. The van der Waals surface area contributed by atoms with Gasteiger partial charge in [-0.3, -0.25) is 9.59 Å². The van der Waals surface area contributed by atoms with E-state index in [9.17, 15) is 14.0 Å². The topological polar surface area (TPSA) is 58.2 Å². The van der Waals surface area contributed by atoms with E-state index in [1.165, 1.54) is 23.5 Å². The molecule has 0 bridgehead atoms. The molecule has 7 heteroatoms. The number of thiophene rings is 1. The predicted octanol–water partition coefficient (Wildman–Crippen LogP) is 4.48. The highest BCUT2D eigenvalue weighted by molar-refractivity contribution is 9.10. The largest absolute Gasteiger partial charge is 0.342 e. The first-order chi connectivity index (χ1) is 11.9. The number of anilines is 1. The fourth-order valence-corrected chi connectivity index (χ4v) is 3.81. The van der Waals surface area contributed by atoms with Gasteiger partial charge in [0.2, 0.25) is 5.91 Å². The van der Waals surface area contributed by atoms with Crippen molar-refractivity contribution in [2.75, 3.05) is 11.9 Å². The molecule has 0 unspecified atom stereocenters. The lowest BCUT2D eigenvalue weighted by Crippen LogP contribution is -2.32. The van der Waals surface area contributed by atoms with Crippen molar-refractivity contribution in [1.82, 2.24) is 5.32 Å². The van der Waals surface area contributed by atoms with Crippen molar-refractivity contribution in [3.8, 4) is 0 Å². The van der Waals surface area contributed by atoms with Crippen LogP contribution in [-0.4, -0.2) is 18.4 Å². The number of nitrogens with one attached hydrogen (secondary N) is 2. The van der Waals surface area contributed by atoms with Crippen molar-refractivity contribution in [2.45, 2.75) is 6.92 Å². The molecule has 1 heterocycles. The van der Waals surface area contributed by atoms with Crippen molar-refractivity contribution in [2.24, 2.45) is 0 Å². The zero-order chi connectivity index (χ0) is 18.0. The molecule has 0 spiro atoms. The molecule has 128 valence electrons. The Morgan fingerprint density at radius 3 is 2.72 bits per heavy atom. The lowest BCUT2D eigenvalue weighted by Gasteiger charge is -2.09. The molecule has 25 heavy (non-hydrogen) atoms. The van der Waals surface area contributed by atoms with Crippen LogP contribution in [-0.2, 0) is 4.79 Å². The van der Waals surface area contributed by atoms with Crippen LogP contribution in [0.2, 0.25) is 0 Å². The van der Waals surface area contributed by atoms with Crippen LogP contribution in [0.5, 0.6) is 0 Å². The number of fused-ring (bicyclic) bond motifs is 1. The second-order valence-electron chi connectivity index (χ2n) is 5.45. The molecule has 1 aromatic heterocycles. The van der Waals surface area contributed by atoms with E-state index in [1.54, 1.807) is 18.2 Å². The average molecular weight is 421 g/mol. The van der Waals surface area contributed by atoms with Crippen molar-refractivity contribution in [3.05, 3.63) is 63.2 Å². The van der Waals surface area contributed by atoms with Gasteiger partial charge in [-0.25, -0.2) is 4.39 Å². The number of benzene rings is 2. The number of carbonyl (C=O) groups excluding carboxylic acids is 2. The average Bonchev–Trinajstić information content (AvgIpc) is 3.01. The van der Waals surface area contributed by atoms with Crippen LogP contribution < -0.4 is 10.6 Å². The van der Waals surface area contributed by atoms with Gasteiger partial charge in [0.1, 0.15) is 5.82 Å². The third kappa shape index (κ3) is 4.05. The monoisotopic (exact) mass is 420 g/mol. The van der Waals surface area contributed by atoms with Gasteiger partial charge in [-0.05, 0) is 48.9 Å². The number of carbonyl (C=O) groups is 2. The first-order valence-corrected chi connectivity index (χ1v) is 9.07. The highest BCUT2D eigenvalue weighted by Gasteiger charge is 2.14. The molecule has 3 rings (SSSR count). The lowest BCUT2D eigenvalue weighted by atomic mass is 10.2. The molecule has 4 nitrogen and oxygen atoms in total. The van der Waals surface area contributed by atoms with Gasteiger partial charge < -0.3 is 10.6 Å². The molecule has 0 radical (unpaired) electrons. The van der Waals surface area contributed by atoms with Crippen LogP contribution in [0, 0.1) is 12.7 Å². The van der Waals surface area contributed by atoms with Gasteiger partial charge in [0, 0.05) is 20.2 Å². The van der Waals surface area contributed by atoms with Crippen molar-refractivity contribution >= 4 is 54.9 Å². The fourth-order valence-electron chi connectivity index (χ4n) is 2.35. The number of amides is 2. The highest BCUT2D eigenvalue weighted by Crippen LogP contribution is 2.27.